The van der Waals surface area contributed by atoms with Crippen molar-refractivity contribution in [3.8, 4) is 0 Å². The van der Waals surface area contributed by atoms with Crippen LogP contribution < -0.4 is 5.32 Å². The number of piperidine rings is 1. The maximum atomic E-state index is 10.8. The molecule has 1 saturated heterocycles. The molecule has 1 fully saturated rings. The zero-order valence-electron chi connectivity index (χ0n) is 10.7. The SMILES string of the molecule is CCN1CCCC(NCc2cc(C(=O)O)cs2)C1. The van der Waals surface area contributed by atoms with Gasteiger partial charge in [-0.25, -0.2) is 4.79 Å². The van der Waals surface area contributed by atoms with Crippen molar-refractivity contribution in [3.05, 3.63) is 21.9 Å². The van der Waals surface area contributed by atoms with E-state index in [0.29, 0.717) is 11.6 Å². The molecule has 1 aliphatic heterocycles. The van der Waals surface area contributed by atoms with Crippen molar-refractivity contribution in [3.63, 3.8) is 0 Å². The lowest BCUT2D eigenvalue weighted by molar-refractivity contribution is 0.0697. The third-order valence-corrected chi connectivity index (χ3v) is 4.36. The van der Waals surface area contributed by atoms with Crippen LogP contribution in [0.1, 0.15) is 35.0 Å². The van der Waals surface area contributed by atoms with Crippen LogP contribution in [-0.2, 0) is 6.54 Å². The van der Waals surface area contributed by atoms with E-state index < -0.39 is 5.97 Å². The highest BCUT2D eigenvalue weighted by Crippen LogP contribution is 2.16. The van der Waals surface area contributed by atoms with Crippen molar-refractivity contribution < 1.29 is 9.90 Å². The van der Waals surface area contributed by atoms with Gasteiger partial charge in [-0.1, -0.05) is 6.92 Å². The maximum absolute atomic E-state index is 10.8. The molecule has 0 bridgehead atoms. The second kappa shape index (κ2) is 6.31. The van der Waals surface area contributed by atoms with Crippen LogP contribution in [0.2, 0.25) is 0 Å². The molecule has 2 rings (SSSR count). The molecule has 2 heterocycles. The maximum Gasteiger partial charge on any atom is 0.336 e. The number of nitrogens with zero attached hydrogens (tertiary/aromatic N) is 1. The molecular formula is C13H20N2O2S. The van der Waals surface area contributed by atoms with E-state index in [4.69, 9.17) is 5.11 Å². The molecule has 1 aromatic rings. The molecule has 100 valence electrons. The summed E-state index contributed by atoms with van der Waals surface area (Å²) in [5, 5.41) is 14.1. The van der Waals surface area contributed by atoms with Crippen LogP contribution >= 0.6 is 11.3 Å². The fourth-order valence-electron chi connectivity index (χ4n) is 2.34. The van der Waals surface area contributed by atoms with Crippen LogP contribution in [0.25, 0.3) is 0 Å². The average molecular weight is 268 g/mol. The highest BCUT2D eigenvalue weighted by Gasteiger charge is 2.18. The fourth-order valence-corrected chi connectivity index (χ4v) is 3.15. The van der Waals surface area contributed by atoms with Gasteiger partial charge in [-0.05, 0) is 32.0 Å². The Labute approximate surface area is 112 Å². The van der Waals surface area contributed by atoms with Crippen LogP contribution in [0, 0.1) is 0 Å². The number of carboxylic acid groups (broad SMARTS) is 1. The molecule has 0 radical (unpaired) electrons. The predicted octanol–water partition coefficient (Wildman–Crippen LogP) is 2.02. The van der Waals surface area contributed by atoms with Crippen molar-refractivity contribution in [2.75, 3.05) is 19.6 Å². The summed E-state index contributed by atoms with van der Waals surface area (Å²) in [5.41, 5.74) is 0.399. The first-order valence-electron chi connectivity index (χ1n) is 6.45. The smallest absolute Gasteiger partial charge is 0.336 e. The van der Waals surface area contributed by atoms with E-state index in [0.717, 1.165) is 24.5 Å². The Morgan fingerprint density at radius 2 is 2.50 bits per heavy atom. The Kier molecular flexibility index (Phi) is 4.74. The van der Waals surface area contributed by atoms with Crippen molar-refractivity contribution in [1.29, 1.82) is 0 Å². The topological polar surface area (TPSA) is 52.6 Å². The number of hydrogen-bond donors (Lipinski definition) is 2. The van der Waals surface area contributed by atoms with Gasteiger partial charge in [0, 0.05) is 29.4 Å². The molecule has 0 spiro atoms. The third-order valence-electron chi connectivity index (χ3n) is 3.42. The molecule has 1 atom stereocenters. The standard InChI is InChI=1S/C13H20N2O2S/c1-2-15-5-3-4-11(8-15)14-7-12-6-10(9-18-12)13(16)17/h6,9,11,14H,2-5,7-8H2,1H3,(H,16,17). The predicted molar refractivity (Wildman–Crippen MR) is 73.3 cm³/mol. The van der Waals surface area contributed by atoms with Gasteiger partial charge in [-0.15, -0.1) is 11.3 Å². The lowest BCUT2D eigenvalue weighted by Gasteiger charge is -2.32. The lowest BCUT2D eigenvalue weighted by Crippen LogP contribution is -2.45. The molecular weight excluding hydrogens is 248 g/mol. The molecule has 1 unspecified atom stereocenters. The van der Waals surface area contributed by atoms with Gasteiger partial charge in [-0.3, -0.25) is 0 Å². The minimum Gasteiger partial charge on any atom is -0.478 e. The van der Waals surface area contributed by atoms with Crippen LogP contribution in [0.15, 0.2) is 11.4 Å². The van der Waals surface area contributed by atoms with Gasteiger partial charge >= 0.3 is 5.97 Å². The summed E-state index contributed by atoms with van der Waals surface area (Å²) in [5.74, 6) is -0.840. The molecule has 5 heteroatoms. The molecule has 4 nitrogen and oxygen atoms in total. The van der Waals surface area contributed by atoms with E-state index in [-0.39, 0.29) is 0 Å². The van der Waals surface area contributed by atoms with Crippen LogP contribution in [0.5, 0.6) is 0 Å². The Balaban J connectivity index is 1.81. The monoisotopic (exact) mass is 268 g/mol. The molecule has 0 saturated carbocycles. The number of hydrogen-bond acceptors (Lipinski definition) is 4. The molecule has 0 aromatic carbocycles. The van der Waals surface area contributed by atoms with Gasteiger partial charge in [0.05, 0.1) is 5.56 Å². The Morgan fingerprint density at radius 3 is 3.17 bits per heavy atom. The van der Waals surface area contributed by atoms with Crippen molar-refractivity contribution >= 4 is 17.3 Å². The summed E-state index contributed by atoms with van der Waals surface area (Å²) in [6.45, 7) is 6.39. The second-order valence-corrected chi connectivity index (χ2v) is 5.72. The van der Waals surface area contributed by atoms with Gasteiger partial charge in [0.1, 0.15) is 0 Å². The molecule has 0 aliphatic carbocycles. The molecule has 0 amide bonds. The lowest BCUT2D eigenvalue weighted by atomic mass is 10.1. The highest BCUT2D eigenvalue weighted by molar-refractivity contribution is 7.10. The van der Waals surface area contributed by atoms with E-state index >= 15 is 0 Å². The van der Waals surface area contributed by atoms with Gasteiger partial charge in [-0.2, -0.15) is 0 Å². The summed E-state index contributed by atoms with van der Waals surface area (Å²) >= 11 is 1.52. The molecule has 1 aliphatic rings. The summed E-state index contributed by atoms with van der Waals surface area (Å²) in [7, 11) is 0. The number of nitrogens with one attached hydrogen (secondary N) is 1. The van der Waals surface area contributed by atoms with E-state index in [1.54, 1.807) is 11.4 Å². The number of thiophene rings is 1. The number of likely N-dealkylation sites (tertiary alicyclic amines) is 1. The zero-order valence-corrected chi connectivity index (χ0v) is 11.5. The van der Waals surface area contributed by atoms with Crippen molar-refractivity contribution in [1.82, 2.24) is 10.2 Å². The molecule has 1 aromatic heterocycles. The van der Waals surface area contributed by atoms with E-state index in [1.807, 2.05) is 0 Å². The van der Waals surface area contributed by atoms with Crippen LogP contribution in [0.3, 0.4) is 0 Å². The Hall–Kier alpha value is -0.910. The van der Waals surface area contributed by atoms with Gasteiger partial charge in [0.2, 0.25) is 0 Å². The molecule has 2 N–H and O–H groups in total. The first-order chi connectivity index (χ1) is 8.69. The first kappa shape index (κ1) is 13.5. The van der Waals surface area contributed by atoms with Crippen molar-refractivity contribution in [2.45, 2.75) is 32.4 Å². The number of rotatable bonds is 5. The zero-order chi connectivity index (χ0) is 13.0. The highest BCUT2D eigenvalue weighted by atomic mass is 32.1. The fraction of sp³-hybridized carbons (Fsp3) is 0.615. The van der Waals surface area contributed by atoms with Crippen LogP contribution in [-0.4, -0.2) is 41.7 Å². The summed E-state index contributed by atoms with van der Waals surface area (Å²) in [6, 6.07) is 2.30. The number of carbonyl (C=O) groups is 1. The number of carboxylic acids is 1. The largest absolute Gasteiger partial charge is 0.478 e. The van der Waals surface area contributed by atoms with Crippen LogP contribution in [0.4, 0.5) is 0 Å². The van der Waals surface area contributed by atoms with Crippen molar-refractivity contribution in [2.24, 2.45) is 0 Å². The second-order valence-electron chi connectivity index (χ2n) is 4.72. The van der Waals surface area contributed by atoms with Gasteiger partial charge in [0.15, 0.2) is 0 Å². The average Bonchev–Trinajstić information content (AvgIpc) is 2.85. The normalized spacial score (nSPS) is 21.1. The first-order valence-corrected chi connectivity index (χ1v) is 7.33. The van der Waals surface area contributed by atoms with E-state index in [2.05, 4.69) is 17.1 Å². The van der Waals surface area contributed by atoms with E-state index in [9.17, 15) is 4.79 Å². The minimum atomic E-state index is -0.840. The molecule has 18 heavy (non-hydrogen) atoms. The third kappa shape index (κ3) is 3.54. The number of likely N-dealkylation sites (N-methyl/N-ethyl adjacent to an activating group) is 1. The summed E-state index contributed by atoms with van der Waals surface area (Å²) in [4.78, 5) is 14.3. The Morgan fingerprint density at radius 1 is 1.67 bits per heavy atom. The quantitative estimate of drug-likeness (QED) is 0.858. The number of aromatic carboxylic acids is 1. The summed E-state index contributed by atoms with van der Waals surface area (Å²) in [6.07, 6.45) is 2.46. The van der Waals surface area contributed by atoms with E-state index in [1.165, 1.54) is 30.7 Å². The van der Waals surface area contributed by atoms with Gasteiger partial charge in [0.25, 0.3) is 0 Å². The summed E-state index contributed by atoms with van der Waals surface area (Å²) < 4.78 is 0. The Bertz CT molecular complexity index is 405. The van der Waals surface area contributed by atoms with Gasteiger partial charge < -0.3 is 15.3 Å². The minimum absolute atomic E-state index is 0.399.